The van der Waals surface area contributed by atoms with Gasteiger partial charge in [-0.2, -0.15) is 0 Å². The minimum absolute atomic E-state index is 0.497. The van der Waals surface area contributed by atoms with Crippen LogP contribution in [0.15, 0.2) is 30.7 Å². The number of nitrogens with zero attached hydrogens (tertiary/aromatic N) is 2. The van der Waals surface area contributed by atoms with Crippen molar-refractivity contribution in [2.45, 2.75) is 6.54 Å². The van der Waals surface area contributed by atoms with Gasteiger partial charge in [0.25, 0.3) is 0 Å². The summed E-state index contributed by atoms with van der Waals surface area (Å²) in [5, 5.41) is 0.958. The van der Waals surface area contributed by atoms with Gasteiger partial charge in [-0.3, -0.25) is 0 Å². The third-order valence-corrected chi connectivity index (χ3v) is 3.50. The molecule has 0 aliphatic carbocycles. The zero-order chi connectivity index (χ0) is 11.0. The molecule has 2 aromatic heterocycles. The standard InChI is InChI=1S/C11H10N4S/c12-4-11-13-5-10(16-11)7-1-2-8-9(3-7)15-6-14-8/h1-3,5-6H,4,12H2,(H,14,15). The van der Waals surface area contributed by atoms with Crippen molar-refractivity contribution < 1.29 is 0 Å². The summed E-state index contributed by atoms with van der Waals surface area (Å²) in [7, 11) is 0. The molecule has 3 rings (SSSR count). The summed E-state index contributed by atoms with van der Waals surface area (Å²) in [6.45, 7) is 0.497. The molecule has 80 valence electrons. The zero-order valence-corrected chi connectivity index (χ0v) is 9.29. The number of fused-ring (bicyclic) bond motifs is 1. The van der Waals surface area contributed by atoms with Gasteiger partial charge >= 0.3 is 0 Å². The van der Waals surface area contributed by atoms with Gasteiger partial charge in [0.15, 0.2) is 0 Å². The van der Waals surface area contributed by atoms with E-state index in [4.69, 9.17) is 5.73 Å². The van der Waals surface area contributed by atoms with Crippen LogP contribution in [0.2, 0.25) is 0 Å². The van der Waals surface area contributed by atoms with E-state index in [1.54, 1.807) is 17.7 Å². The lowest BCUT2D eigenvalue weighted by atomic mass is 10.2. The summed E-state index contributed by atoms with van der Waals surface area (Å²) < 4.78 is 0. The highest BCUT2D eigenvalue weighted by Crippen LogP contribution is 2.27. The lowest BCUT2D eigenvalue weighted by Gasteiger charge is -1.95. The molecule has 0 unspecified atom stereocenters. The second-order valence-electron chi connectivity index (χ2n) is 3.46. The Hall–Kier alpha value is -1.72. The zero-order valence-electron chi connectivity index (χ0n) is 8.47. The van der Waals surface area contributed by atoms with E-state index in [0.29, 0.717) is 6.54 Å². The molecular formula is C11H10N4S. The van der Waals surface area contributed by atoms with Crippen molar-refractivity contribution in [3.63, 3.8) is 0 Å². The molecule has 0 radical (unpaired) electrons. The van der Waals surface area contributed by atoms with E-state index in [1.807, 2.05) is 12.3 Å². The van der Waals surface area contributed by atoms with E-state index in [9.17, 15) is 0 Å². The van der Waals surface area contributed by atoms with E-state index >= 15 is 0 Å². The molecule has 1 aromatic carbocycles. The van der Waals surface area contributed by atoms with Gasteiger partial charge in [-0.15, -0.1) is 11.3 Å². The number of nitrogens with two attached hydrogens (primary N) is 1. The maximum Gasteiger partial charge on any atom is 0.107 e. The van der Waals surface area contributed by atoms with Crippen LogP contribution in [-0.4, -0.2) is 15.0 Å². The summed E-state index contributed by atoms with van der Waals surface area (Å²) in [6.07, 6.45) is 3.57. The molecule has 3 aromatic rings. The Balaban J connectivity index is 2.10. The smallest absolute Gasteiger partial charge is 0.107 e. The van der Waals surface area contributed by atoms with E-state index in [-0.39, 0.29) is 0 Å². The summed E-state index contributed by atoms with van der Waals surface area (Å²) in [6, 6.07) is 6.14. The van der Waals surface area contributed by atoms with Gasteiger partial charge in [-0.25, -0.2) is 9.97 Å². The lowest BCUT2D eigenvalue weighted by Crippen LogP contribution is -1.93. The van der Waals surface area contributed by atoms with Crippen LogP contribution in [0.1, 0.15) is 5.01 Å². The Bertz CT molecular complexity index is 625. The Labute approximate surface area is 96.2 Å². The number of rotatable bonds is 2. The molecule has 2 heterocycles. The molecule has 0 atom stereocenters. The Morgan fingerprint density at radius 3 is 3.06 bits per heavy atom. The maximum atomic E-state index is 5.55. The van der Waals surface area contributed by atoms with Crippen LogP contribution in [0.25, 0.3) is 21.5 Å². The van der Waals surface area contributed by atoms with Crippen molar-refractivity contribution in [3.05, 3.63) is 35.7 Å². The molecule has 0 aliphatic rings. The van der Waals surface area contributed by atoms with Crippen LogP contribution in [0.4, 0.5) is 0 Å². The van der Waals surface area contributed by atoms with Crippen molar-refractivity contribution in [1.29, 1.82) is 0 Å². The molecule has 0 spiro atoms. The normalized spacial score (nSPS) is 11.1. The van der Waals surface area contributed by atoms with E-state index < -0.39 is 0 Å². The number of benzene rings is 1. The minimum atomic E-state index is 0.497. The van der Waals surface area contributed by atoms with Crippen molar-refractivity contribution in [2.75, 3.05) is 0 Å². The van der Waals surface area contributed by atoms with Gasteiger partial charge in [-0.1, -0.05) is 6.07 Å². The van der Waals surface area contributed by atoms with Crippen molar-refractivity contribution in [1.82, 2.24) is 15.0 Å². The van der Waals surface area contributed by atoms with Gasteiger partial charge in [0.2, 0.25) is 0 Å². The van der Waals surface area contributed by atoms with Crippen LogP contribution < -0.4 is 5.73 Å². The summed E-state index contributed by atoms with van der Waals surface area (Å²) >= 11 is 1.63. The number of aromatic nitrogens is 3. The summed E-state index contributed by atoms with van der Waals surface area (Å²) in [4.78, 5) is 12.7. The first-order valence-corrected chi connectivity index (χ1v) is 5.77. The van der Waals surface area contributed by atoms with Crippen LogP contribution in [0, 0.1) is 0 Å². The van der Waals surface area contributed by atoms with Crippen molar-refractivity contribution in [2.24, 2.45) is 5.73 Å². The molecule has 0 saturated heterocycles. The predicted molar refractivity (Wildman–Crippen MR) is 65.1 cm³/mol. The molecule has 0 saturated carbocycles. The molecule has 0 amide bonds. The fourth-order valence-electron chi connectivity index (χ4n) is 1.63. The number of aromatic amines is 1. The first kappa shape index (κ1) is 9.50. The van der Waals surface area contributed by atoms with Gasteiger partial charge in [0.05, 0.1) is 22.2 Å². The van der Waals surface area contributed by atoms with Gasteiger partial charge < -0.3 is 10.7 Å². The second kappa shape index (κ2) is 3.70. The van der Waals surface area contributed by atoms with Crippen LogP contribution in [0.3, 0.4) is 0 Å². The van der Waals surface area contributed by atoms with Crippen LogP contribution >= 0.6 is 11.3 Å². The summed E-state index contributed by atoms with van der Waals surface area (Å²) in [5.41, 5.74) is 8.72. The maximum absolute atomic E-state index is 5.55. The SMILES string of the molecule is NCc1ncc(-c2ccc3nc[nH]c3c2)s1. The number of H-pyrrole nitrogens is 1. The Morgan fingerprint density at radius 1 is 1.31 bits per heavy atom. The summed E-state index contributed by atoms with van der Waals surface area (Å²) in [5.74, 6) is 0. The van der Waals surface area contributed by atoms with Crippen molar-refractivity contribution in [3.8, 4) is 10.4 Å². The highest BCUT2D eigenvalue weighted by Gasteiger charge is 2.05. The molecule has 5 heteroatoms. The minimum Gasteiger partial charge on any atom is -0.345 e. The average molecular weight is 230 g/mol. The first-order valence-electron chi connectivity index (χ1n) is 4.95. The molecule has 0 bridgehead atoms. The highest BCUT2D eigenvalue weighted by molar-refractivity contribution is 7.15. The number of nitrogens with one attached hydrogen (secondary N) is 1. The third kappa shape index (κ3) is 1.50. The quantitative estimate of drug-likeness (QED) is 0.708. The second-order valence-corrected chi connectivity index (χ2v) is 4.57. The van der Waals surface area contributed by atoms with Crippen LogP contribution in [-0.2, 0) is 6.54 Å². The molecular weight excluding hydrogens is 220 g/mol. The Morgan fingerprint density at radius 2 is 2.25 bits per heavy atom. The fraction of sp³-hybridized carbons (Fsp3) is 0.0909. The van der Waals surface area contributed by atoms with Gasteiger partial charge in [0, 0.05) is 12.7 Å². The largest absolute Gasteiger partial charge is 0.345 e. The van der Waals surface area contributed by atoms with Gasteiger partial charge in [-0.05, 0) is 17.7 Å². The molecule has 0 aliphatic heterocycles. The topological polar surface area (TPSA) is 67.6 Å². The lowest BCUT2D eigenvalue weighted by molar-refractivity contribution is 1.04. The van der Waals surface area contributed by atoms with Gasteiger partial charge in [0.1, 0.15) is 5.01 Å². The average Bonchev–Trinajstić information content (AvgIpc) is 2.96. The molecule has 16 heavy (non-hydrogen) atoms. The Kier molecular flexibility index (Phi) is 2.19. The van der Waals surface area contributed by atoms with E-state index in [1.165, 1.54) is 0 Å². The highest BCUT2D eigenvalue weighted by atomic mass is 32.1. The monoisotopic (exact) mass is 230 g/mol. The fourth-order valence-corrected chi connectivity index (χ4v) is 2.42. The van der Waals surface area contributed by atoms with E-state index in [0.717, 1.165) is 26.5 Å². The molecule has 4 nitrogen and oxygen atoms in total. The third-order valence-electron chi connectivity index (χ3n) is 2.43. The van der Waals surface area contributed by atoms with E-state index in [2.05, 4.69) is 27.1 Å². The number of imidazole rings is 1. The molecule has 0 fully saturated rings. The van der Waals surface area contributed by atoms with Crippen molar-refractivity contribution >= 4 is 22.4 Å². The number of hydrogen-bond donors (Lipinski definition) is 2. The van der Waals surface area contributed by atoms with Crippen LogP contribution in [0.5, 0.6) is 0 Å². The predicted octanol–water partition coefficient (Wildman–Crippen LogP) is 2.15. The number of thiazole rings is 1. The number of hydrogen-bond acceptors (Lipinski definition) is 4. The molecule has 3 N–H and O–H groups in total. The first-order chi connectivity index (χ1) is 7.86.